The fourth-order valence-corrected chi connectivity index (χ4v) is 3.43. The molecule has 10 heteroatoms. The molecular formula is C18H21ClF3N5O. The van der Waals surface area contributed by atoms with Gasteiger partial charge in [0, 0.05) is 24.2 Å². The number of aromatic nitrogens is 2. The Hall–Kier alpha value is -2.10. The number of alkyl halides is 3. The van der Waals surface area contributed by atoms with E-state index in [1.165, 1.54) is 18.2 Å². The quantitative estimate of drug-likeness (QED) is 0.634. The third kappa shape index (κ3) is 4.65. The number of hydrazine groups is 1. The van der Waals surface area contributed by atoms with E-state index in [9.17, 15) is 18.0 Å². The van der Waals surface area contributed by atoms with Crippen molar-refractivity contribution in [1.82, 2.24) is 25.9 Å². The Balaban J connectivity index is 1.71. The Kier molecular flexibility index (Phi) is 6.26. The molecule has 1 aliphatic rings. The van der Waals surface area contributed by atoms with Crippen LogP contribution in [0.1, 0.15) is 35.8 Å². The number of carbonyl (C=O) groups excluding carboxylic acids is 1. The number of amides is 1. The predicted molar refractivity (Wildman–Crippen MR) is 99.2 cm³/mol. The Bertz CT molecular complexity index is 839. The first-order valence-electron chi connectivity index (χ1n) is 8.95. The number of nitrogens with one attached hydrogen (secondary N) is 3. The van der Waals surface area contributed by atoms with E-state index in [1.54, 1.807) is 6.07 Å². The minimum Gasteiger partial charge on any atom is -0.352 e. The van der Waals surface area contributed by atoms with E-state index >= 15 is 0 Å². The molecule has 0 bridgehead atoms. The average Bonchev–Trinajstić information content (AvgIpc) is 3.25. The van der Waals surface area contributed by atoms with Crippen molar-refractivity contribution in [3.05, 3.63) is 46.7 Å². The van der Waals surface area contributed by atoms with E-state index in [0.29, 0.717) is 29.6 Å². The number of carbonyl (C=O) groups is 1. The van der Waals surface area contributed by atoms with Gasteiger partial charge in [0.1, 0.15) is 0 Å². The maximum Gasteiger partial charge on any atom is 0.434 e. The molecule has 2 unspecified atom stereocenters. The highest BCUT2D eigenvalue weighted by atomic mass is 35.5. The summed E-state index contributed by atoms with van der Waals surface area (Å²) in [7, 11) is 0. The molecule has 0 aliphatic carbocycles. The van der Waals surface area contributed by atoms with Crippen molar-refractivity contribution in [2.24, 2.45) is 5.92 Å². The van der Waals surface area contributed by atoms with E-state index in [1.807, 2.05) is 0 Å². The van der Waals surface area contributed by atoms with Crippen LogP contribution in [0.4, 0.5) is 13.2 Å². The summed E-state index contributed by atoms with van der Waals surface area (Å²) in [5.41, 5.74) is 4.67. The van der Waals surface area contributed by atoms with Crippen LogP contribution < -0.4 is 16.2 Å². The molecule has 0 saturated carbocycles. The van der Waals surface area contributed by atoms with Gasteiger partial charge in [-0.3, -0.25) is 15.6 Å². The van der Waals surface area contributed by atoms with Gasteiger partial charge in [0.05, 0.1) is 17.4 Å². The molecule has 0 spiro atoms. The van der Waals surface area contributed by atoms with Crippen molar-refractivity contribution >= 4 is 17.5 Å². The molecule has 6 nitrogen and oxygen atoms in total. The van der Waals surface area contributed by atoms with Gasteiger partial charge in [0.15, 0.2) is 5.69 Å². The smallest absolute Gasteiger partial charge is 0.352 e. The summed E-state index contributed by atoms with van der Waals surface area (Å²) in [4.78, 5) is 12.4. The fourth-order valence-electron chi connectivity index (χ4n) is 3.25. The van der Waals surface area contributed by atoms with Gasteiger partial charge < -0.3 is 5.32 Å². The van der Waals surface area contributed by atoms with Crippen LogP contribution in [0.15, 0.2) is 30.5 Å². The number of hydrogen-bond acceptors (Lipinski definition) is 4. The van der Waals surface area contributed by atoms with Crippen LogP contribution >= 0.6 is 11.6 Å². The van der Waals surface area contributed by atoms with Crippen LogP contribution in [0.5, 0.6) is 0 Å². The van der Waals surface area contributed by atoms with E-state index in [4.69, 9.17) is 11.6 Å². The summed E-state index contributed by atoms with van der Waals surface area (Å²) >= 11 is 5.87. The second kappa shape index (κ2) is 8.50. The molecule has 152 valence electrons. The maximum atomic E-state index is 13.6. The standard InChI is InChI=1S/C18H21ClF3N5O/c1-11-12(9-24-26-11)4-3-7-23-17(28)15-10-25-27(16(15)18(20,21)22)14-6-2-5-13(19)8-14/h2,5-6,8,10-12,24,26H,3-4,7,9H2,1H3,(H,23,28). The van der Waals surface area contributed by atoms with Crippen molar-refractivity contribution in [1.29, 1.82) is 0 Å². The minimum absolute atomic E-state index is 0.133. The van der Waals surface area contributed by atoms with Gasteiger partial charge in [0.2, 0.25) is 0 Å². The molecule has 0 radical (unpaired) electrons. The van der Waals surface area contributed by atoms with Gasteiger partial charge in [0.25, 0.3) is 5.91 Å². The SMILES string of the molecule is CC1NNCC1CCCNC(=O)c1cnn(-c2cccc(Cl)c2)c1C(F)(F)F. The van der Waals surface area contributed by atoms with Crippen LogP contribution in [0.25, 0.3) is 5.69 Å². The fraction of sp³-hybridized carbons (Fsp3) is 0.444. The lowest BCUT2D eigenvalue weighted by Crippen LogP contribution is -2.29. The molecule has 2 aromatic rings. The van der Waals surface area contributed by atoms with Crippen LogP contribution in [0.3, 0.4) is 0 Å². The largest absolute Gasteiger partial charge is 0.434 e. The Morgan fingerprint density at radius 2 is 2.21 bits per heavy atom. The lowest BCUT2D eigenvalue weighted by molar-refractivity contribution is -0.143. The summed E-state index contributed by atoms with van der Waals surface area (Å²) in [6.07, 6.45) is -2.28. The van der Waals surface area contributed by atoms with Crippen molar-refractivity contribution in [3.8, 4) is 5.69 Å². The zero-order valence-corrected chi connectivity index (χ0v) is 15.9. The molecule has 1 amide bonds. The van der Waals surface area contributed by atoms with E-state index in [2.05, 4.69) is 28.2 Å². The number of hydrogen-bond donors (Lipinski definition) is 3. The molecule has 2 atom stereocenters. The highest BCUT2D eigenvalue weighted by Gasteiger charge is 2.40. The molecule has 2 heterocycles. The van der Waals surface area contributed by atoms with Crippen LogP contribution in [-0.4, -0.2) is 34.8 Å². The summed E-state index contributed by atoms with van der Waals surface area (Å²) in [6.45, 7) is 3.19. The molecule has 1 saturated heterocycles. The molecule has 3 N–H and O–H groups in total. The molecular weight excluding hydrogens is 395 g/mol. The Morgan fingerprint density at radius 1 is 1.43 bits per heavy atom. The molecule has 1 fully saturated rings. The summed E-state index contributed by atoms with van der Waals surface area (Å²) in [6, 6.07) is 6.19. The molecule has 1 aromatic carbocycles. The van der Waals surface area contributed by atoms with Crippen LogP contribution in [0, 0.1) is 5.92 Å². The zero-order chi connectivity index (χ0) is 20.3. The first kappa shape index (κ1) is 20.6. The van der Waals surface area contributed by atoms with Gasteiger partial charge in [-0.2, -0.15) is 18.3 Å². The first-order chi connectivity index (χ1) is 13.3. The topological polar surface area (TPSA) is 71.0 Å². The highest BCUT2D eigenvalue weighted by molar-refractivity contribution is 6.30. The minimum atomic E-state index is -4.75. The third-order valence-corrected chi connectivity index (χ3v) is 5.01. The zero-order valence-electron chi connectivity index (χ0n) is 15.2. The van der Waals surface area contributed by atoms with Gasteiger partial charge >= 0.3 is 6.18 Å². The normalized spacial score (nSPS) is 19.8. The van der Waals surface area contributed by atoms with Crippen molar-refractivity contribution in [2.75, 3.05) is 13.1 Å². The molecule has 3 rings (SSSR count). The monoisotopic (exact) mass is 415 g/mol. The van der Waals surface area contributed by atoms with E-state index in [0.717, 1.165) is 19.2 Å². The van der Waals surface area contributed by atoms with Crippen molar-refractivity contribution in [3.63, 3.8) is 0 Å². The number of nitrogens with zero attached hydrogens (tertiary/aromatic N) is 2. The predicted octanol–water partition coefficient (Wildman–Crippen LogP) is 3.17. The second-order valence-electron chi connectivity index (χ2n) is 6.77. The lowest BCUT2D eigenvalue weighted by Gasteiger charge is -2.14. The highest BCUT2D eigenvalue weighted by Crippen LogP contribution is 2.34. The number of benzene rings is 1. The van der Waals surface area contributed by atoms with E-state index < -0.39 is 23.3 Å². The summed E-state index contributed by atoms with van der Waals surface area (Å²) < 4.78 is 41.6. The summed E-state index contributed by atoms with van der Waals surface area (Å²) in [5, 5.41) is 6.62. The van der Waals surface area contributed by atoms with Crippen molar-refractivity contribution < 1.29 is 18.0 Å². The lowest BCUT2D eigenvalue weighted by atomic mass is 9.98. The molecule has 1 aliphatic heterocycles. The van der Waals surface area contributed by atoms with E-state index in [-0.39, 0.29) is 10.7 Å². The van der Waals surface area contributed by atoms with Crippen LogP contribution in [0.2, 0.25) is 5.02 Å². The first-order valence-corrected chi connectivity index (χ1v) is 9.33. The third-order valence-electron chi connectivity index (χ3n) is 4.77. The van der Waals surface area contributed by atoms with Gasteiger partial charge in [-0.25, -0.2) is 4.68 Å². The van der Waals surface area contributed by atoms with Gasteiger partial charge in [-0.1, -0.05) is 17.7 Å². The number of rotatable bonds is 6. The van der Waals surface area contributed by atoms with Gasteiger partial charge in [-0.15, -0.1) is 0 Å². The summed E-state index contributed by atoms with van der Waals surface area (Å²) in [5.74, 6) is -0.371. The Labute approximate surface area is 165 Å². The second-order valence-corrected chi connectivity index (χ2v) is 7.20. The molecule has 28 heavy (non-hydrogen) atoms. The van der Waals surface area contributed by atoms with Gasteiger partial charge in [-0.05, 0) is 43.9 Å². The van der Waals surface area contributed by atoms with Crippen molar-refractivity contribution in [2.45, 2.75) is 32.0 Å². The maximum absolute atomic E-state index is 13.6. The number of halogens is 4. The Morgan fingerprint density at radius 3 is 2.86 bits per heavy atom. The molecule has 1 aromatic heterocycles. The van der Waals surface area contributed by atoms with Crippen LogP contribution in [-0.2, 0) is 6.18 Å². The average molecular weight is 416 g/mol.